The van der Waals surface area contributed by atoms with Crippen LogP contribution in [0.15, 0.2) is 9.98 Å². The number of hydrogen-bond acceptors (Lipinski definition) is 10. The molecule has 1 rings (SSSR count). The third kappa shape index (κ3) is 5.82. The second-order valence-corrected chi connectivity index (χ2v) is 5.28. The van der Waals surface area contributed by atoms with Crippen molar-refractivity contribution in [2.24, 2.45) is 9.98 Å². The standard InChI is InChI=1S/C14H30N6O6/c1-22-6-12-16-13(15-7-21)18-14(17-12,19(8-23-2)9-24-3)20(10-25-4)11-26-5/h21H,6-11H2,1-5H3,(H2,15,16,17,18). The SMILES string of the molecule is COCC1=NC(N(COC)COC)(N(COC)COC)N/C(=N/CO)N1. The summed E-state index contributed by atoms with van der Waals surface area (Å²) in [5, 5.41) is 15.4. The molecule has 0 fully saturated rings. The van der Waals surface area contributed by atoms with Crippen molar-refractivity contribution in [2.75, 3.05) is 75.8 Å². The predicted octanol–water partition coefficient (Wildman–Crippen LogP) is -1.84. The Bertz CT molecular complexity index is 435. The monoisotopic (exact) mass is 378 g/mol. The molecule has 0 spiro atoms. The number of aliphatic imine (C=N–C) groups is 2. The van der Waals surface area contributed by atoms with Crippen LogP contribution in [-0.4, -0.2) is 108 Å². The first-order chi connectivity index (χ1) is 12.6. The number of rotatable bonds is 13. The Labute approximate surface area is 153 Å². The normalized spacial score (nSPS) is 18.2. The van der Waals surface area contributed by atoms with Gasteiger partial charge < -0.3 is 39.4 Å². The minimum atomic E-state index is -1.22. The maximum absolute atomic E-state index is 9.23. The zero-order valence-electron chi connectivity index (χ0n) is 16.0. The number of nitrogens with one attached hydrogen (secondary N) is 2. The van der Waals surface area contributed by atoms with E-state index in [0.717, 1.165) is 0 Å². The number of ether oxygens (including phenoxy) is 5. The van der Waals surface area contributed by atoms with Gasteiger partial charge in [-0.05, 0) is 0 Å². The van der Waals surface area contributed by atoms with Crippen LogP contribution < -0.4 is 10.6 Å². The molecule has 0 aromatic carbocycles. The van der Waals surface area contributed by atoms with E-state index >= 15 is 0 Å². The molecule has 1 aliphatic rings. The number of nitrogens with zero attached hydrogens (tertiary/aromatic N) is 4. The van der Waals surface area contributed by atoms with Crippen molar-refractivity contribution in [2.45, 2.75) is 5.91 Å². The highest BCUT2D eigenvalue weighted by Gasteiger charge is 2.46. The molecule has 0 radical (unpaired) electrons. The molecule has 1 heterocycles. The average molecular weight is 378 g/mol. The third-order valence-electron chi connectivity index (χ3n) is 3.37. The number of guanidine groups is 1. The highest BCUT2D eigenvalue weighted by Crippen LogP contribution is 2.22. The minimum absolute atomic E-state index is 0.181. The summed E-state index contributed by atoms with van der Waals surface area (Å²) in [6, 6.07) is 0. The topological polar surface area (TPSA) is 122 Å². The van der Waals surface area contributed by atoms with Crippen LogP contribution in [0.1, 0.15) is 0 Å². The smallest absolute Gasteiger partial charge is 0.260 e. The molecule has 0 aromatic heterocycles. The fourth-order valence-corrected chi connectivity index (χ4v) is 2.48. The third-order valence-corrected chi connectivity index (χ3v) is 3.37. The number of methoxy groups -OCH3 is 5. The highest BCUT2D eigenvalue weighted by molar-refractivity contribution is 6.02. The van der Waals surface area contributed by atoms with E-state index in [4.69, 9.17) is 28.7 Å². The molecule has 0 saturated heterocycles. The van der Waals surface area contributed by atoms with Gasteiger partial charge in [-0.2, -0.15) is 0 Å². The molecular formula is C14H30N6O6. The quantitative estimate of drug-likeness (QED) is 0.315. The van der Waals surface area contributed by atoms with Crippen molar-refractivity contribution in [3.63, 3.8) is 0 Å². The molecule has 3 N–H and O–H groups in total. The summed E-state index contributed by atoms with van der Waals surface area (Å²) < 4.78 is 26.5. The lowest BCUT2D eigenvalue weighted by Gasteiger charge is -2.48. The Morgan fingerprint density at radius 2 is 1.42 bits per heavy atom. The summed E-state index contributed by atoms with van der Waals surface area (Å²) in [6.07, 6.45) is 0. The van der Waals surface area contributed by atoms with E-state index in [1.807, 2.05) is 0 Å². The fourth-order valence-electron chi connectivity index (χ4n) is 2.48. The molecule has 1 aliphatic heterocycles. The first-order valence-electron chi connectivity index (χ1n) is 7.85. The van der Waals surface area contributed by atoms with E-state index in [2.05, 4.69) is 15.6 Å². The Hall–Kier alpha value is -1.38. The first kappa shape index (κ1) is 22.7. The second-order valence-electron chi connectivity index (χ2n) is 5.28. The van der Waals surface area contributed by atoms with Gasteiger partial charge in [0.1, 0.15) is 46.1 Å². The van der Waals surface area contributed by atoms with Gasteiger partial charge in [0.05, 0.1) is 0 Å². The molecule has 26 heavy (non-hydrogen) atoms. The van der Waals surface area contributed by atoms with E-state index in [9.17, 15) is 5.11 Å². The average Bonchev–Trinajstić information content (AvgIpc) is 2.61. The Morgan fingerprint density at radius 3 is 1.81 bits per heavy atom. The lowest BCUT2D eigenvalue weighted by atomic mass is 10.4. The Morgan fingerprint density at radius 1 is 0.923 bits per heavy atom. The van der Waals surface area contributed by atoms with Gasteiger partial charge in [0.25, 0.3) is 5.91 Å². The maximum atomic E-state index is 9.23. The van der Waals surface area contributed by atoms with Gasteiger partial charge in [-0.25, -0.2) is 19.8 Å². The van der Waals surface area contributed by atoms with Crippen LogP contribution in [0.2, 0.25) is 0 Å². The molecule has 0 amide bonds. The number of aliphatic hydroxyl groups is 1. The van der Waals surface area contributed by atoms with Crippen molar-refractivity contribution in [3.8, 4) is 0 Å². The molecule has 0 saturated carbocycles. The van der Waals surface area contributed by atoms with Crippen LogP contribution in [-0.2, 0) is 23.7 Å². The van der Waals surface area contributed by atoms with Gasteiger partial charge in [0.2, 0.25) is 5.96 Å². The summed E-state index contributed by atoms with van der Waals surface area (Å²) in [5.74, 6) is -0.414. The molecule has 152 valence electrons. The molecule has 0 atom stereocenters. The highest BCUT2D eigenvalue weighted by atomic mass is 16.5. The van der Waals surface area contributed by atoms with Crippen molar-refractivity contribution < 1.29 is 28.8 Å². The van der Waals surface area contributed by atoms with Gasteiger partial charge in [-0.1, -0.05) is 0 Å². The van der Waals surface area contributed by atoms with E-state index in [-0.39, 0.29) is 33.5 Å². The summed E-state index contributed by atoms with van der Waals surface area (Å²) >= 11 is 0. The van der Waals surface area contributed by atoms with Crippen molar-refractivity contribution in [1.82, 2.24) is 20.4 Å². The predicted molar refractivity (Wildman–Crippen MR) is 94.0 cm³/mol. The number of amidine groups is 1. The lowest BCUT2D eigenvalue weighted by Crippen LogP contribution is -2.74. The number of aliphatic hydroxyl groups excluding tert-OH is 1. The number of hydrogen-bond donors (Lipinski definition) is 3. The van der Waals surface area contributed by atoms with E-state index in [1.165, 1.54) is 0 Å². The Kier molecular flexibility index (Phi) is 10.5. The van der Waals surface area contributed by atoms with Crippen molar-refractivity contribution >= 4 is 11.8 Å². The van der Waals surface area contributed by atoms with Gasteiger partial charge in [-0.15, -0.1) is 0 Å². The molecule has 0 aliphatic carbocycles. The zero-order chi connectivity index (χ0) is 19.4. The van der Waals surface area contributed by atoms with Gasteiger partial charge >= 0.3 is 0 Å². The molecule has 0 aromatic rings. The van der Waals surface area contributed by atoms with Crippen LogP contribution in [0.4, 0.5) is 0 Å². The van der Waals surface area contributed by atoms with Crippen LogP contribution >= 0.6 is 0 Å². The summed E-state index contributed by atoms with van der Waals surface area (Å²) in [5.41, 5.74) is 0. The summed E-state index contributed by atoms with van der Waals surface area (Å²) in [6.45, 7) is 0.522. The molecule has 12 nitrogen and oxygen atoms in total. The lowest BCUT2D eigenvalue weighted by molar-refractivity contribution is -0.194. The van der Waals surface area contributed by atoms with E-state index < -0.39 is 12.6 Å². The maximum Gasteiger partial charge on any atom is 0.260 e. The largest absolute Gasteiger partial charge is 0.377 e. The summed E-state index contributed by atoms with van der Waals surface area (Å²) in [4.78, 5) is 12.3. The van der Waals surface area contributed by atoms with Crippen LogP contribution in [0.5, 0.6) is 0 Å². The van der Waals surface area contributed by atoms with Crippen molar-refractivity contribution in [1.29, 1.82) is 0 Å². The summed E-state index contributed by atoms with van der Waals surface area (Å²) in [7, 11) is 7.82. The molecule has 12 heteroatoms. The molecule has 0 unspecified atom stereocenters. The molecular weight excluding hydrogens is 348 g/mol. The van der Waals surface area contributed by atoms with Gasteiger partial charge in [0.15, 0.2) is 0 Å². The first-order valence-corrected chi connectivity index (χ1v) is 7.85. The zero-order valence-corrected chi connectivity index (χ0v) is 16.0. The van der Waals surface area contributed by atoms with E-state index in [0.29, 0.717) is 11.8 Å². The van der Waals surface area contributed by atoms with E-state index in [1.54, 1.807) is 45.3 Å². The van der Waals surface area contributed by atoms with Gasteiger partial charge in [-0.3, -0.25) is 0 Å². The minimum Gasteiger partial charge on any atom is -0.377 e. The van der Waals surface area contributed by atoms with Crippen LogP contribution in [0.25, 0.3) is 0 Å². The fraction of sp³-hybridized carbons (Fsp3) is 0.857. The second kappa shape index (κ2) is 12.1. The Balaban J connectivity index is 3.46. The molecule has 0 bridgehead atoms. The van der Waals surface area contributed by atoms with Crippen molar-refractivity contribution in [3.05, 3.63) is 0 Å². The van der Waals surface area contributed by atoms with Crippen LogP contribution in [0, 0.1) is 0 Å². The van der Waals surface area contributed by atoms with Gasteiger partial charge in [0, 0.05) is 35.5 Å². The van der Waals surface area contributed by atoms with Crippen LogP contribution in [0.3, 0.4) is 0 Å².